The van der Waals surface area contributed by atoms with E-state index in [1.54, 1.807) is 22.3 Å². The molecule has 27 heavy (non-hydrogen) atoms. The smallest absolute Gasteiger partial charge is 0.275 e. The normalized spacial score (nSPS) is 11.0. The first-order valence-electron chi connectivity index (χ1n) is 8.24. The van der Waals surface area contributed by atoms with Gasteiger partial charge in [-0.25, -0.2) is 4.68 Å². The van der Waals surface area contributed by atoms with Crippen LogP contribution in [0.1, 0.15) is 5.82 Å². The zero-order valence-corrected chi connectivity index (χ0v) is 15.6. The average molecular weight is 379 g/mol. The summed E-state index contributed by atoms with van der Waals surface area (Å²) < 4.78 is 1.38. The number of aromatic nitrogens is 5. The molecule has 0 saturated heterocycles. The molecular weight excluding hydrogens is 362 g/mol. The Morgan fingerprint density at radius 3 is 2.56 bits per heavy atom. The van der Waals surface area contributed by atoms with Gasteiger partial charge in [-0.15, -0.1) is 11.3 Å². The number of nitrogens with two attached hydrogens (primary N) is 1. The van der Waals surface area contributed by atoms with Gasteiger partial charge in [-0.3, -0.25) is 4.79 Å². The van der Waals surface area contributed by atoms with E-state index in [4.69, 9.17) is 5.73 Å². The third-order valence-corrected chi connectivity index (χ3v) is 4.88. The Kier molecular flexibility index (Phi) is 4.28. The van der Waals surface area contributed by atoms with Crippen LogP contribution in [0.15, 0.2) is 46.6 Å². The third kappa shape index (κ3) is 3.24. The summed E-state index contributed by atoms with van der Waals surface area (Å²) in [5, 5.41) is 8.01. The average Bonchev–Trinajstić information content (AvgIpc) is 3.18. The van der Waals surface area contributed by atoms with Crippen LogP contribution in [0.4, 0.5) is 11.9 Å². The van der Waals surface area contributed by atoms with Crippen LogP contribution in [-0.4, -0.2) is 38.8 Å². The topological polar surface area (TPSA) is 103 Å². The first kappa shape index (κ1) is 17.1. The lowest BCUT2D eigenvalue weighted by Gasteiger charge is -2.13. The predicted molar refractivity (Wildman–Crippen MR) is 107 cm³/mol. The molecule has 136 valence electrons. The van der Waals surface area contributed by atoms with E-state index < -0.39 is 0 Å². The first-order valence-corrected chi connectivity index (χ1v) is 9.12. The maximum absolute atomic E-state index is 12.9. The minimum absolute atomic E-state index is 0.107. The van der Waals surface area contributed by atoms with Crippen molar-refractivity contribution in [2.75, 3.05) is 24.7 Å². The molecule has 8 nitrogen and oxygen atoms in total. The number of hydrogen-bond acceptors (Lipinski definition) is 8. The van der Waals surface area contributed by atoms with E-state index in [2.05, 4.69) is 20.1 Å². The molecule has 4 aromatic rings. The molecule has 0 spiro atoms. The van der Waals surface area contributed by atoms with Gasteiger partial charge in [-0.2, -0.15) is 20.1 Å². The zero-order valence-electron chi connectivity index (χ0n) is 14.8. The van der Waals surface area contributed by atoms with Crippen LogP contribution in [0.3, 0.4) is 0 Å². The SMILES string of the molecule is CN(C)c1nc(N)nc(Cn2nc(-c3cccs3)c3ccccc3c2=O)n1. The van der Waals surface area contributed by atoms with Crippen LogP contribution in [-0.2, 0) is 6.54 Å². The van der Waals surface area contributed by atoms with E-state index in [1.807, 2.05) is 49.8 Å². The molecule has 0 atom stereocenters. The Morgan fingerprint density at radius 1 is 1.07 bits per heavy atom. The lowest BCUT2D eigenvalue weighted by Crippen LogP contribution is -2.26. The van der Waals surface area contributed by atoms with Crippen molar-refractivity contribution in [1.29, 1.82) is 0 Å². The number of nitrogen functional groups attached to an aromatic ring is 1. The van der Waals surface area contributed by atoms with Gasteiger partial charge in [-0.1, -0.05) is 24.3 Å². The Labute approximate surface area is 159 Å². The fourth-order valence-electron chi connectivity index (χ4n) is 2.77. The molecule has 2 N–H and O–H groups in total. The van der Waals surface area contributed by atoms with Gasteiger partial charge in [0, 0.05) is 19.5 Å². The molecule has 3 heterocycles. The maximum Gasteiger partial charge on any atom is 0.275 e. The number of hydrogen-bond donors (Lipinski definition) is 1. The molecule has 0 bridgehead atoms. The predicted octanol–water partition coefficient (Wildman–Crippen LogP) is 2.01. The quantitative estimate of drug-likeness (QED) is 0.578. The molecule has 1 aromatic carbocycles. The highest BCUT2D eigenvalue weighted by Gasteiger charge is 2.15. The zero-order chi connectivity index (χ0) is 19.0. The summed E-state index contributed by atoms with van der Waals surface area (Å²) in [6, 6.07) is 11.4. The van der Waals surface area contributed by atoms with Crippen molar-refractivity contribution < 1.29 is 0 Å². The second-order valence-electron chi connectivity index (χ2n) is 6.14. The third-order valence-electron chi connectivity index (χ3n) is 4.00. The van der Waals surface area contributed by atoms with Gasteiger partial charge in [0.05, 0.1) is 10.3 Å². The van der Waals surface area contributed by atoms with Crippen molar-refractivity contribution in [2.45, 2.75) is 6.54 Å². The van der Waals surface area contributed by atoms with Gasteiger partial charge in [0.15, 0.2) is 5.82 Å². The minimum atomic E-state index is -0.198. The van der Waals surface area contributed by atoms with Crippen molar-refractivity contribution in [1.82, 2.24) is 24.7 Å². The molecule has 4 rings (SSSR count). The fourth-order valence-corrected chi connectivity index (χ4v) is 3.49. The molecule has 3 aromatic heterocycles. The summed E-state index contributed by atoms with van der Waals surface area (Å²) in [7, 11) is 3.63. The van der Waals surface area contributed by atoms with Gasteiger partial charge in [0.25, 0.3) is 5.56 Å². The van der Waals surface area contributed by atoms with E-state index in [0.717, 1.165) is 16.0 Å². The number of thiophene rings is 1. The van der Waals surface area contributed by atoms with Gasteiger partial charge in [-0.05, 0) is 17.5 Å². The molecule has 0 radical (unpaired) electrons. The Balaban J connectivity index is 1.88. The number of anilines is 2. The van der Waals surface area contributed by atoms with Crippen molar-refractivity contribution in [2.24, 2.45) is 0 Å². The monoisotopic (exact) mass is 379 g/mol. The molecule has 9 heteroatoms. The summed E-state index contributed by atoms with van der Waals surface area (Å²) in [5.74, 6) is 0.925. The molecule has 0 aliphatic rings. The van der Waals surface area contributed by atoms with Crippen LogP contribution in [0.25, 0.3) is 21.3 Å². The summed E-state index contributed by atoms with van der Waals surface area (Å²) in [6.07, 6.45) is 0. The van der Waals surface area contributed by atoms with Crippen LogP contribution in [0.2, 0.25) is 0 Å². The second-order valence-corrected chi connectivity index (χ2v) is 7.09. The minimum Gasteiger partial charge on any atom is -0.368 e. The van der Waals surface area contributed by atoms with Crippen molar-refractivity contribution in [3.05, 3.63) is 58.0 Å². The summed E-state index contributed by atoms with van der Waals surface area (Å²) in [4.78, 5) is 28.3. The van der Waals surface area contributed by atoms with Gasteiger partial charge in [0.1, 0.15) is 12.2 Å². The summed E-state index contributed by atoms with van der Waals surface area (Å²) in [6.45, 7) is 0.107. The van der Waals surface area contributed by atoms with E-state index >= 15 is 0 Å². The Hall–Kier alpha value is -3.33. The van der Waals surface area contributed by atoms with E-state index in [9.17, 15) is 4.79 Å². The van der Waals surface area contributed by atoms with E-state index in [-0.39, 0.29) is 18.1 Å². The largest absolute Gasteiger partial charge is 0.368 e. The highest BCUT2D eigenvalue weighted by molar-refractivity contribution is 7.13. The number of rotatable bonds is 4. The standard InChI is InChI=1S/C18H17N7OS/c1-24(2)18-21-14(20-17(19)22-18)10-25-16(26)12-7-4-3-6-11(12)15(23-25)13-8-5-9-27-13/h3-9H,10H2,1-2H3,(H2,19,20,21,22). The maximum atomic E-state index is 12.9. The van der Waals surface area contributed by atoms with E-state index in [1.165, 1.54) is 4.68 Å². The van der Waals surface area contributed by atoms with Crippen LogP contribution in [0, 0.1) is 0 Å². The lowest BCUT2D eigenvalue weighted by atomic mass is 10.1. The van der Waals surface area contributed by atoms with Crippen LogP contribution < -0.4 is 16.2 Å². The first-order chi connectivity index (χ1) is 13.0. The van der Waals surface area contributed by atoms with Crippen LogP contribution >= 0.6 is 11.3 Å². The molecular formula is C18H17N7OS. The molecule has 0 aliphatic heterocycles. The summed E-state index contributed by atoms with van der Waals surface area (Å²) in [5.41, 5.74) is 6.35. The van der Waals surface area contributed by atoms with Gasteiger partial charge in [0.2, 0.25) is 11.9 Å². The highest BCUT2D eigenvalue weighted by atomic mass is 32.1. The number of fused-ring (bicyclic) bond motifs is 1. The Morgan fingerprint density at radius 2 is 1.85 bits per heavy atom. The summed E-state index contributed by atoms with van der Waals surface area (Å²) >= 11 is 1.57. The van der Waals surface area contributed by atoms with Crippen molar-refractivity contribution in [3.63, 3.8) is 0 Å². The van der Waals surface area contributed by atoms with Crippen molar-refractivity contribution >= 4 is 34.0 Å². The molecule has 0 amide bonds. The fraction of sp³-hybridized carbons (Fsp3) is 0.167. The Bertz CT molecular complexity index is 1170. The molecule has 0 unspecified atom stereocenters. The molecule has 0 saturated carbocycles. The van der Waals surface area contributed by atoms with Gasteiger partial charge >= 0.3 is 0 Å². The number of benzene rings is 1. The van der Waals surface area contributed by atoms with E-state index in [0.29, 0.717) is 17.2 Å². The lowest BCUT2D eigenvalue weighted by molar-refractivity contribution is 0.622. The van der Waals surface area contributed by atoms with Gasteiger partial charge < -0.3 is 10.6 Å². The molecule has 0 aliphatic carbocycles. The van der Waals surface area contributed by atoms with Crippen LogP contribution in [0.5, 0.6) is 0 Å². The molecule has 0 fully saturated rings. The highest BCUT2D eigenvalue weighted by Crippen LogP contribution is 2.28. The van der Waals surface area contributed by atoms with Crippen molar-refractivity contribution in [3.8, 4) is 10.6 Å². The number of nitrogens with zero attached hydrogens (tertiary/aromatic N) is 6. The second kappa shape index (κ2) is 6.76.